The monoisotopic (exact) mass is 282 g/mol. The lowest BCUT2D eigenvalue weighted by atomic mass is 10.1. The van der Waals surface area contributed by atoms with Crippen molar-refractivity contribution in [3.8, 4) is 0 Å². The number of urea groups is 1. The Balaban J connectivity index is 2.44. The minimum atomic E-state index is -0.531. The largest absolute Gasteiger partial charge is 0.325 e. The van der Waals surface area contributed by atoms with Gasteiger partial charge < -0.3 is 5.32 Å². The van der Waals surface area contributed by atoms with E-state index in [-0.39, 0.29) is 18.2 Å². The molecule has 0 spiro atoms. The average Bonchev–Trinajstić information content (AvgIpc) is 2.38. The van der Waals surface area contributed by atoms with Crippen LogP contribution in [0.3, 0.4) is 0 Å². The Morgan fingerprint density at radius 3 is 2.47 bits per heavy atom. The summed E-state index contributed by atoms with van der Waals surface area (Å²) in [5, 5.41) is 4.81. The van der Waals surface area contributed by atoms with Gasteiger partial charge in [-0.1, -0.05) is 25.5 Å². The van der Waals surface area contributed by atoms with Crippen molar-refractivity contribution in [1.29, 1.82) is 0 Å². The summed E-state index contributed by atoms with van der Waals surface area (Å²) in [6, 6.07) is 7.08. The first-order valence-corrected chi connectivity index (χ1v) is 6.95. The van der Waals surface area contributed by atoms with E-state index in [2.05, 4.69) is 17.6 Å². The quantitative estimate of drug-likeness (QED) is 0.787. The Morgan fingerprint density at radius 2 is 1.89 bits per heavy atom. The minimum Gasteiger partial charge on any atom is -0.308 e. The maximum atomic E-state index is 11.5. The number of unbranched alkanes of at least 4 members (excludes halogenated alkanes) is 1. The van der Waals surface area contributed by atoms with Crippen LogP contribution in [0, 0.1) is 0 Å². The van der Waals surface area contributed by atoms with Crippen molar-refractivity contribution in [2.24, 2.45) is 0 Å². The van der Waals surface area contributed by atoms with Crippen LogP contribution in [0.5, 0.6) is 0 Å². The molecule has 0 atom stereocenters. The Kier molecular flexibility index (Phi) is 6.97. The molecule has 0 aliphatic carbocycles. The molecule has 0 aliphatic heterocycles. The summed E-state index contributed by atoms with van der Waals surface area (Å²) in [7, 11) is 0. The molecule has 104 valence electrons. The maximum absolute atomic E-state index is 11.5. The van der Waals surface area contributed by atoms with Gasteiger partial charge in [-0.3, -0.25) is 10.1 Å². The second-order valence-corrected chi connectivity index (χ2v) is 4.62. The van der Waals surface area contributed by atoms with Gasteiger partial charge in [0.05, 0.1) is 0 Å². The van der Waals surface area contributed by atoms with E-state index >= 15 is 0 Å². The van der Waals surface area contributed by atoms with Crippen LogP contribution in [0.2, 0.25) is 0 Å². The number of halogens is 1. The summed E-state index contributed by atoms with van der Waals surface area (Å²) < 4.78 is 0. The van der Waals surface area contributed by atoms with Gasteiger partial charge in [-0.15, -0.1) is 11.6 Å². The van der Waals surface area contributed by atoms with Crippen LogP contribution in [0.4, 0.5) is 10.5 Å². The summed E-state index contributed by atoms with van der Waals surface area (Å²) in [5.41, 5.74) is 1.91. The molecule has 2 N–H and O–H groups in total. The van der Waals surface area contributed by atoms with Gasteiger partial charge in [0.25, 0.3) is 0 Å². The summed E-state index contributed by atoms with van der Waals surface area (Å²) in [6.45, 7) is 2.15. The first-order valence-electron chi connectivity index (χ1n) is 6.41. The molecule has 5 heteroatoms. The number of alkyl halides is 1. The Labute approximate surface area is 118 Å². The van der Waals surface area contributed by atoms with Gasteiger partial charge in [-0.2, -0.15) is 0 Å². The number of aryl methyl sites for hydroxylation is 1. The lowest BCUT2D eigenvalue weighted by molar-refractivity contribution is -0.119. The van der Waals surface area contributed by atoms with E-state index in [0.717, 1.165) is 19.3 Å². The molecule has 3 amide bonds. The third-order valence-electron chi connectivity index (χ3n) is 2.61. The predicted molar refractivity (Wildman–Crippen MR) is 77.6 cm³/mol. The Hall–Kier alpha value is -1.55. The van der Waals surface area contributed by atoms with Gasteiger partial charge in [0, 0.05) is 18.0 Å². The first-order chi connectivity index (χ1) is 9.15. The average molecular weight is 283 g/mol. The van der Waals surface area contributed by atoms with E-state index in [1.54, 1.807) is 0 Å². The fourth-order valence-corrected chi connectivity index (χ4v) is 1.74. The van der Waals surface area contributed by atoms with E-state index in [9.17, 15) is 9.59 Å². The van der Waals surface area contributed by atoms with Crippen molar-refractivity contribution < 1.29 is 9.59 Å². The summed E-state index contributed by atoms with van der Waals surface area (Å²) in [4.78, 5) is 22.6. The highest BCUT2D eigenvalue weighted by Crippen LogP contribution is 2.11. The van der Waals surface area contributed by atoms with Crippen molar-refractivity contribution >= 4 is 29.2 Å². The van der Waals surface area contributed by atoms with Crippen molar-refractivity contribution in [3.05, 3.63) is 29.8 Å². The van der Waals surface area contributed by atoms with Gasteiger partial charge in [0.1, 0.15) is 0 Å². The van der Waals surface area contributed by atoms with E-state index in [1.807, 2.05) is 24.3 Å². The Morgan fingerprint density at radius 1 is 1.21 bits per heavy atom. The highest BCUT2D eigenvalue weighted by molar-refractivity contribution is 6.19. The minimum absolute atomic E-state index is 0.130. The highest BCUT2D eigenvalue weighted by atomic mass is 35.5. The van der Waals surface area contributed by atoms with Gasteiger partial charge >= 0.3 is 6.03 Å². The van der Waals surface area contributed by atoms with Gasteiger partial charge in [0.15, 0.2) is 0 Å². The smallest absolute Gasteiger partial charge is 0.308 e. The van der Waals surface area contributed by atoms with Gasteiger partial charge in [-0.25, -0.2) is 4.79 Å². The molecular weight excluding hydrogens is 264 g/mol. The summed E-state index contributed by atoms with van der Waals surface area (Å²) in [6.07, 6.45) is 3.48. The molecule has 0 aromatic heterocycles. The Bertz CT molecular complexity index is 418. The number of rotatable bonds is 6. The van der Waals surface area contributed by atoms with Crippen LogP contribution in [-0.2, 0) is 11.2 Å². The van der Waals surface area contributed by atoms with Crippen molar-refractivity contribution in [2.75, 3.05) is 11.2 Å². The van der Waals surface area contributed by atoms with Crippen LogP contribution in [0.25, 0.3) is 0 Å². The zero-order valence-electron chi connectivity index (χ0n) is 11.0. The molecule has 1 aromatic carbocycles. The number of carbonyl (C=O) groups excluding carboxylic acids is 2. The molecule has 0 unspecified atom stereocenters. The third kappa shape index (κ3) is 6.25. The van der Waals surface area contributed by atoms with Crippen molar-refractivity contribution in [2.45, 2.75) is 32.6 Å². The van der Waals surface area contributed by atoms with Crippen molar-refractivity contribution in [3.63, 3.8) is 0 Å². The molecule has 4 nitrogen and oxygen atoms in total. The van der Waals surface area contributed by atoms with Gasteiger partial charge in [-0.05, 0) is 30.5 Å². The fraction of sp³-hybridized carbons (Fsp3) is 0.429. The van der Waals surface area contributed by atoms with E-state index < -0.39 is 6.03 Å². The zero-order valence-corrected chi connectivity index (χ0v) is 11.8. The normalized spacial score (nSPS) is 10.0. The van der Waals surface area contributed by atoms with Crippen LogP contribution in [0.1, 0.15) is 31.7 Å². The van der Waals surface area contributed by atoms with E-state index in [0.29, 0.717) is 5.69 Å². The van der Waals surface area contributed by atoms with Crippen LogP contribution < -0.4 is 10.6 Å². The molecule has 0 saturated heterocycles. The number of hydrogen-bond donors (Lipinski definition) is 2. The fourth-order valence-electron chi connectivity index (χ4n) is 1.57. The molecule has 0 fully saturated rings. The number of nitrogens with one attached hydrogen (secondary N) is 2. The van der Waals surface area contributed by atoms with E-state index in [1.165, 1.54) is 5.56 Å². The highest BCUT2D eigenvalue weighted by Gasteiger charge is 2.06. The topological polar surface area (TPSA) is 58.2 Å². The number of benzene rings is 1. The molecule has 0 heterocycles. The van der Waals surface area contributed by atoms with E-state index in [4.69, 9.17) is 11.6 Å². The number of carbonyl (C=O) groups is 2. The van der Waals surface area contributed by atoms with Crippen LogP contribution >= 0.6 is 11.6 Å². The van der Waals surface area contributed by atoms with Crippen LogP contribution in [0.15, 0.2) is 24.3 Å². The van der Waals surface area contributed by atoms with Gasteiger partial charge in [0.2, 0.25) is 5.91 Å². The SMILES string of the molecule is CCCCc1ccc(NC(=O)NC(=O)CCCl)cc1. The number of hydrogen-bond acceptors (Lipinski definition) is 2. The molecule has 19 heavy (non-hydrogen) atoms. The third-order valence-corrected chi connectivity index (χ3v) is 2.79. The predicted octanol–water partition coefficient (Wildman–Crippen LogP) is 3.31. The van der Waals surface area contributed by atoms with Crippen LogP contribution in [-0.4, -0.2) is 17.8 Å². The second kappa shape index (κ2) is 8.53. The lowest BCUT2D eigenvalue weighted by Crippen LogP contribution is -2.34. The number of amides is 3. The maximum Gasteiger partial charge on any atom is 0.325 e. The summed E-state index contributed by atoms with van der Waals surface area (Å²) >= 11 is 5.41. The second-order valence-electron chi connectivity index (χ2n) is 4.24. The first kappa shape index (κ1) is 15.5. The van der Waals surface area contributed by atoms with Crippen molar-refractivity contribution in [1.82, 2.24) is 5.32 Å². The molecule has 0 radical (unpaired) electrons. The standard InChI is InChI=1S/C14H19ClN2O2/c1-2-3-4-11-5-7-12(8-6-11)16-14(19)17-13(18)9-10-15/h5-8H,2-4,9-10H2,1H3,(H2,16,17,18,19). The molecular formula is C14H19ClN2O2. The molecule has 1 aromatic rings. The number of imide groups is 1. The zero-order chi connectivity index (χ0) is 14.1. The molecule has 0 bridgehead atoms. The number of anilines is 1. The molecule has 1 rings (SSSR count). The molecule has 0 saturated carbocycles. The molecule has 0 aliphatic rings. The summed E-state index contributed by atoms with van der Waals surface area (Å²) in [5.74, 6) is -0.183. The lowest BCUT2D eigenvalue weighted by Gasteiger charge is -2.07.